The standard InChI is InChI=1S/C24H22ClN5O3S/c1-16-7-8-20(33-16)23-27-17(15-34-23)13-21(31)29-11-9-28(10-12-29)19-14-26-30(24(32)22(19)25)18-5-3-2-4-6-18/h2-8,14-15H,9-13H2,1H3. The van der Waals surface area contributed by atoms with Crippen LogP contribution in [0.5, 0.6) is 0 Å². The van der Waals surface area contributed by atoms with Gasteiger partial charge in [0.15, 0.2) is 10.8 Å². The zero-order chi connectivity index (χ0) is 23.7. The predicted octanol–water partition coefficient (Wildman–Crippen LogP) is 3.80. The third-order valence-corrected chi connectivity index (χ3v) is 6.97. The van der Waals surface area contributed by atoms with Crippen LogP contribution in [0.4, 0.5) is 5.69 Å². The first-order valence-electron chi connectivity index (χ1n) is 10.9. The molecule has 0 saturated carbocycles. The molecule has 4 aromatic rings. The summed E-state index contributed by atoms with van der Waals surface area (Å²) in [6.07, 6.45) is 1.85. The molecule has 1 aromatic carbocycles. The zero-order valence-electron chi connectivity index (χ0n) is 18.5. The first kappa shape index (κ1) is 22.4. The van der Waals surface area contributed by atoms with E-state index in [4.69, 9.17) is 16.0 Å². The van der Waals surface area contributed by atoms with Crippen molar-refractivity contribution in [2.45, 2.75) is 13.3 Å². The van der Waals surface area contributed by atoms with Crippen LogP contribution in [0.15, 0.2) is 63.3 Å². The van der Waals surface area contributed by atoms with Crippen LogP contribution in [0.25, 0.3) is 16.5 Å². The fourth-order valence-corrected chi connectivity index (χ4v) is 4.94. The van der Waals surface area contributed by atoms with Gasteiger partial charge in [-0.15, -0.1) is 11.3 Å². The van der Waals surface area contributed by atoms with E-state index in [1.807, 2.05) is 52.4 Å². The monoisotopic (exact) mass is 495 g/mol. The fraction of sp³-hybridized carbons (Fsp3) is 0.250. The summed E-state index contributed by atoms with van der Waals surface area (Å²) in [4.78, 5) is 34.0. The number of hydrogen-bond donors (Lipinski definition) is 0. The van der Waals surface area contributed by atoms with Crippen molar-refractivity contribution in [3.63, 3.8) is 0 Å². The van der Waals surface area contributed by atoms with E-state index in [1.54, 1.807) is 18.3 Å². The number of nitrogens with zero attached hydrogens (tertiary/aromatic N) is 5. The van der Waals surface area contributed by atoms with E-state index < -0.39 is 0 Å². The lowest BCUT2D eigenvalue weighted by molar-refractivity contribution is -0.130. The lowest BCUT2D eigenvalue weighted by Gasteiger charge is -2.36. The quantitative estimate of drug-likeness (QED) is 0.418. The molecule has 34 heavy (non-hydrogen) atoms. The maximum absolute atomic E-state index is 12.8. The number of piperazine rings is 1. The maximum atomic E-state index is 12.8. The number of anilines is 1. The van der Waals surface area contributed by atoms with E-state index in [-0.39, 0.29) is 22.9 Å². The number of amides is 1. The van der Waals surface area contributed by atoms with Crippen molar-refractivity contribution < 1.29 is 9.21 Å². The van der Waals surface area contributed by atoms with Crippen molar-refractivity contribution in [1.29, 1.82) is 0 Å². The number of para-hydroxylation sites is 1. The second-order valence-corrected chi connectivity index (χ2v) is 9.23. The Morgan fingerprint density at radius 3 is 2.59 bits per heavy atom. The summed E-state index contributed by atoms with van der Waals surface area (Å²) in [5, 5.41) is 7.10. The Labute approximate surface area is 205 Å². The average Bonchev–Trinajstić information content (AvgIpc) is 3.50. The Hall–Kier alpha value is -3.43. The molecule has 0 unspecified atom stereocenters. The maximum Gasteiger partial charge on any atom is 0.292 e. The van der Waals surface area contributed by atoms with Gasteiger partial charge in [-0.05, 0) is 31.2 Å². The number of thiazole rings is 1. The first-order valence-corrected chi connectivity index (χ1v) is 12.1. The Kier molecular flexibility index (Phi) is 6.21. The van der Waals surface area contributed by atoms with Gasteiger partial charge in [0.1, 0.15) is 10.8 Å². The van der Waals surface area contributed by atoms with Gasteiger partial charge in [-0.25, -0.2) is 4.98 Å². The lowest BCUT2D eigenvalue weighted by atomic mass is 10.2. The summed E-state index contributed by atoms with van der Waals surface area (Å²) in [6.45, 7) is 4.08. The molecule has 1 amide bonds. The molecule has 10 heteroatoms. The number of hydrogen-bond acceptors (Lipinski definition) is 7. The van der Waals surface area contributed by atoms with E-state index in [9.17, 15) is 9.59 Å². The molecule has 4 heterocycles. The molecule has 5 rings (SSSR count). The minimum absolute atomic E-state index is 0.0239. The van der Waals surface area contributed by atoms with E-state index in [0.717, 1.165) is 22.2 Å². The Bertz CT molecular complexity index is 1370. The SMILES string of the molecule is Cc1ccc(-c2nc(CC(=O)N3CCN(c4cnn(-c5ccccc5)c(=O)c4Cl)CC3)cs2)o1. The summed E-state index contributed by atoms with van der Waals surface area (Å²) >= 11 is 7.90. The number of furan rings is 1. The van der Waals surface area contributed by atoms with Crippen LogP contribution in [0, 0.1) is 6.92 Å². The van der Waals surface area contributed by atoms with E-state index in [2.05, 4.69) is 10.1 Å². The number of benzene rings is 1. The zero-order valence-corrected chi connectivity index (χ0v) is 20.1. The van der Waals surface area contributed by atoms with Crippen LogP contribution in [-0.2, 0) is 11.2 Å². The molecule has 1 fully saturated rings. The average molecular weight is 496 g/mol. The summed E-state index contributed by atoms with van der Waals surface area (Å²) in [6, 6.07) is 12.9. The van der Waals surface area contributed by atoms with Gasteiger partial charge in [-0.2, -0.15) is 9.78 Å². The molecule has 0 bridgehead atoms. The lowest BCUT2D eigenvalue weighted by Crippen LogP contribution is -2.49. The minimum atomic E-state index is -0.366. The fourth-order valence-electron chi connectivity index (χ4n) is 3.91. The summed E-state index contributed by atoms with van der Waals surface area (Å²) in [5.74, 6) is 1.57. The van der Waals surface area contributed by atoms with Gasteiger partial charge in [0.05, 0.1) is 29.7 Å². The smallest absolute Gasteiger partial charge is 0.292 e. The van der Waals surface area contributed by atoms with Crippen molar-refractivity contribution in [3.05, 3.63) is 80.9 Å². The van der Waals surface area contributed by atoms with Crippen LogP contribution in [-0.4, -0.2) is 51.8 Å². The van der Waals surface area contributed by atoms with E-state index >= 15 is 0 Å². The van der Waals surface area contributed by atoms with E-state index in [0.29, 0.717) is 37.6 Å². The molecule has 1 saturated heterocycles. The number of carbonyl (C=O) groups excluding carboxylic acids is 1. The molecular formula is C24H22ClN5O3S. The van der Waals surface area contributed by atoms with Crippen LogP contribution in [0.3, 0.4) is 0 Å². The Balaban J connectivity index is 1.22. The molecule has 3 aromatic heterocycles. The van der Waals surface area contributed by atoms with Crippen molar-refractivity contribution in [1.82, 2.24) is 19.7 Å². The topological polar surface area (TPSA) is 84.5 Å². The highest BCUT2D eigenvalue weighted by atomic mass is 35.5. The molecule has 1 aliphatic heterocycles. The summed E-state index contributed by atoms with van der Waals surface area (Å²) in [7, 11) is 0. The molecule has 0 N–H and O–H groups in total. The molecule has 0 atom stereocenters. The second-order valence-electron chi connectivity index (χ2n) is 8.00. The molecule has 8 nitrogen and oxygen atoms in total. The van der Waals surface area contributed by atoms with Gasteiger partial charge in [-0.3, -0.25) is 9.59 Å². The van der Waals surface area contributed by atoms with Crippen LogP contribution >= 0.6 is 22.9 Å². The van der Waals surface area contributed by atoms with E-state index in [1.165, 1.54) is 16.0 Å². The highest BCUT2D eigenvalue weighted by molar-refractivity contribution is 7.13. The highest BCUT2D eigenvalue weighted by Crippen LogP contribution is 2.26. The van der Waals surface area contributed by atoms with Crippen molar-refractivity contribution in [3.8, 4) is 16.5 Å². The minimum Gasteiger partial charge on any atom is -0.459 e. The Morgan fingerprint density at radius 2 is 1.88 bits per heavy atom. The predicted molar refractivity (Wildman–Crippen MR) is 132 cm³/mol. The van der Waals surface area contributed by atoms with Gasteiger partial charge in [-0.1, -0.05) is 29.8 Å². The normalized spacial score (nSPS) is 13.9. The van der Waals surface area contributed by atoms with Crippen molar-refractivity contribution in [2.75, 3.05) is 31.1 Å². The third-order valence-electron chi connectivity index (χ3n) is 5.71. The van der Waals surface area contributed by atoms with Crippen LogP contribution in [0.2, 0.25) is 5.02 Å². The summed E-state index contributed by atoms with van der Waals surface area (Å²) < 4.78 is 6.91. The number of rotatable bonds is 5. The Morgan fingerprint density at radius 1 is 1.12 bits per heavy atom. The summed E-state index contributed by atoms with van der Waals surface area (Å²) in [5.41, 5.74) is 1.61. The van der Waals surface area contributed by atoms with Gasteiger partial charge in [0.25, 0.3) is 5.56 Å². The molecule has 1 aliphatic rings. The first-order chi connectivity index (χ1) is 16.5. The van der Waals surface area contributed by atoms with Gasteiger partial charge in [0.2, 0.25) is 5.91 Å². The van der Waals surface area contributed by atoms with Gasteiger partial charge >= 0.3 is 0 Å². The van der Waals surface area contributed by atoms with Gasteiger partial charge < -0.3 is 14.2 Å². The van der Waals surface area contributed by atoms with Crippen molar-refractivity contribution in [2.24, 2.45) is 0 Å². The number of halogens is 1. The molecule has 0 radical (unpaired) electrons. The molecule has 174 valence electrons. The third kappa shape index (κ3) is 4.49. The van der Waals surface area contributed by atoms with Crippen LogP contribution in [0.1, 0.15) is 11.5 Å². The number of aryl methyl sites for hydroxylation is 1. The molecular weight excluding hydrogens is 474 g/mol. The molecule has 0 aliphatic carbocycles. The highest BCUT2D eigenvalue weighted by Gasteiger charge is 2.25. The van der Waals surface area contributed by atoms with Crippen molar-refractivity contribution >= 4 is 34.5 Å². The van der Waals surface area contributed by atoms with Crippen LogP contribution < -0.4 is 10.5 Å². The molecule has 0 spiro atoms. The second kappa shape index (κ2) is 9.44. The van der Waals surface area contributed by atoms with Gasteiger partial charge in [0, 0.05) is 31.6 Å². The largest absolute Gasteiger partial charge is 0.459 e. The number of carbonyl (C=O) groups is 1. The number of aromatic nitrogens is 3.